The first-order chi connectivity index (χ1) is 5.29. The van der Waals surface area contributed by atoms with Crippen molar-refractivity contribution in [2.75, 3.05) is 0 Å². The lowest BCUT2D eigenvalue weighted by Gasteiger charge is -1.95. The van der Waals surface area contributed by atoms with Crippen LogP contribution in [0.1, 0.15) is 0 Å². The molecule has 0 aliphatic rings. The first kappa shape index (κ1) is 6.90. The lowest BCUT2D eigenvalue weighted by atomic mass is 10.4. The van der Waals surface area contributed by atoms with Crippen molar-refractivity contribution >= 4 is 28.2 Å². The van der Waals surface area contributed by atoms with Crippen molar-refractivity contribution in [3.8, 4) is 5.75 Å². The van der Waals surface area contributed by atoms with Crippen molar-refractivity contribution in [1.29, 1.82) is 0 Å². The summed E-state index contributed by atoms with van der Waals surface area (Å²) in [4.78, 5) is 4.02. The van der Waals surface area contributed by atoms with Gasteiger partial charge in [0.15, 0.2) is 11.4 Å². The molecule has 0 aliphatic heterocycles. The molecular formula is C7H5IN2O. The fourth-order valence-electron chi connectivity index (χ4n) is 0.966. The largest absolute Gasteiger partial charge is 0.504 e. The van der Waals surface area contributed by atoms with Crippen LogP contribution in [0.2, 0.25) is 0 Å². The molecule has 0 aromatic carbocycles. The van der Waals surface area contributed by atoms with E-state index in [1.807, 2.05) is 10.6 Å². The first-order valence-electron chi connectivity index (χ1n) is 3.09. The van der Waals surface area contributed by atoms with Gasteiger partial charge >= 0.3 is 0 Å². The molecule has 2 aromatic rings. The lowest BCUT2D eigenvalue weighted by Crippen LogP contribution is -1.84. The Morgan fingerprint density at radius 1 is 1.55 bits per heavy atom. The Morgan fingerprint density at radius 2 is 2.36 bits per heavy atom. The van der Waals surface area contributed by atoms with Gasteiger partial charge in [0.1, 0.15) is 3.70 Å². The monoisotopic (exact) mass is 260 g/mol. The molecule has 0 saturated carbocycles. The van der Waals surface area contributed by atoms with Crippen LogP contribution in [-0.4, -0.2) is 14.5 Å². The van der Waals surface area contributed by atoms with E-state index in [1.165, 1.54) is 0 Å². The van der Waals surface area contributed by atoms with E-state index in [2.05, 4.69) is 27.6 Å². The summed E-state index contributed by atoms with van der Waals surface area (Å²) in [5.74, 6) is 0.218. The standard InChI is InChI=1S/C7H5IN2O/c8-6-4-9-7-5(11)2-1-3-10(6)7/h1-4,11H. The zero-order chi connectivity index (χ0) is 7.84. The zero-order valence-electron chi connectivity index (χ0n) is 5.53. The second-order valence-electron chi connectivity index (χ2n) is 2.17. The summed E-state index contributed by atoms with van der Waals surface area (Å²) in [6.07, 6.45) is 3.58. The van der Waals surface area contributed by atoms with Crippen molar-refractivity contribution in [3.63, 3.8) is 0 Å². The Hall–Kier alpha value is -0.780. The molecule has 2 heterocycles. The number of rotatable bonds is 0. The number of aromatic nitrogens is 2. The summed E-state index contributed by atoms with van der Waals surface area (Å²) in [5, 5.41) is 9.30. The maximum atomic E-state index is 9.30. The van der Waals surface area contributed by atoms with Gasteiger partial charge in [-0.15, -0.1) is 0 Å². The molecule has 0 radical (unpaired) electrons. The van der Waals surface area contributed by atoms with Gasteiger partial charge in [-0.1, -0.05) is 0 Å². The number of aromatic hydroxyl groups is 1. The average Bonchev–Trinajstić information content (AvgIpc) is 2.35. The molecule has 0 atom stereocenters. The minimum Gasteiger partial charge on any atom is -0.504 e. The smallest absolute Gasteiger partial charge is 0.180 e. The molecule has 11 heavy (non-hydrogen) atoms. The van der Waals surface area contributed by atoms with Crippen molar-refractivity contribution in [2.45, 2.75) is 0 Å². The third kappa shape index (κ3) is 0.973. The quantitative estimate of drug-likeness (QED) is 0.731. The highest BCUT2D eigenvalue weighted by molar-refractivity contribution is 14.1. The number of hydrogen-bond acceptors (Lipinski definition) is 2. The van der Waals surface area contributed by atoms with Crippen LogP contribution in [0.25, 0.3) is 5.65 Å². The van der Waals surface area contributed by atoms with Gasteiger partial charge in [-0.05, 0) is 34.7 Å². The second kappa shape index (κ2) is 2.37. The van der Waals surface area contributed by atoms with E-state index in [4.69, 9.17) is 0 Å². The highest BCUT2D eigenvalue weighted by Gasteiger charge is 2.01. The van der Waals surface area contributed by atoms with Crippen molar-refractivity contribution in [3.05, 3.63) is 28.2 Å². The minimum atomic E-state index is 0.218. The van der Waals surface area contributed by atoms with Gasteiger partial charge in [0.05, 0.1) is 6.20 Å². The van der Waals surface area contributed by atoms with Crippen LogP contribution in [0, 0.1) is 3.70 Å². The van der Waals surface area contributed by atoms with Crippen molar-refractivity contribution in [2.24, 2.45) is 0 Å². The molecule has 2 aromatic heterocycles. The Labute approximate surface area is 76.8 Å². The van der Waals surface area contributed by atoms with Gasteiger partial charge < -0.3 is 5.11 Å². The average molecular weight is 260 g/mol. The van der Waals surface area contributed by atoms with Crippen LogP contribution in [0.4, 0.5) is 0 Å². The molecular weight excluding hydrogens is 255 g/mol. The predicted molar refractivity (Wildman–Crippen MR) is 49.6 cm³/mol. The van der Waals surface area contributed by atoms with Crippen LogP contribution in [0.15, 0.2) is 24.5 Å². The number of fused-ring (bicyclic) bond motifs is 1. The summed E-state index contributed by atoms with van der Waals surface area (Å²) >= 11 is 2.16. The number of imidazole rings is 1. The molecule has 56 valence electrons. The summed E-state index contributed by atoms with van der Waals surface area (Å²) < 4.78 is 2.82. The van der Waals surface area contributed by atoms with E-state index < -0.39 is 0 Å². The number of nitrogens with zero attached hydrogens (tertiary/aromatic N) is 2. The van der Waals surface area contributed by atoms with Gasteiger partial charge in [0.2, 0.25) is 0 Å². The van der Waals surface area contributed by atoms with Gasteiger partial charge in [0.25, 0.3) is 0 Å². The Bertz CT molecular complexity index is 396. The molecule has 0 amide bonds. The lowest BCUT2D eigenvalue weighted by molar-refractivity contribution is 0.477. The highest BCUT2D eigenvalue weighted by atomic mass is 127. The summed E-state index contributed by atoms with van der Waals surface area (Å²) in [6, 6.07) is 3.41. The predicted octanol–water partition coefficient (Wildman–Crippen LogP) is 1.64. The molecule has 0 aliphatic carbocycles. The molecule has 1 N–H and O–H groups in total. The summed E-state index contributed by atoms with van der Waals surface area (Å²) in [6.45, 7) is 0. The van der Waals surface area contributed by atoms with E-state index >= 15 is 0 Å². The summed E-state index contributed by atoms with van der Waals surface area (Å²) in [7, 11) is 0. The van der Waals surface area contributed by atoms with Gasteiger partial charge in [-0.3, -0.25) is 4.40 Å². The number of halogens is 1. The van der Waals surface area contributed by atoms with E-state index in [-0.39, 0.29) is 5.75 Å². The minimum absolute atomic E-state index is 0.218. The van der Waals surface area contributed by atoms with Crippen molar-refractivity contribution in [1.82, 2.24) is 9.38 Å². The molecule has 0 spiro atoms. The van der Waals surface area contributed by atoms with Crippen LogP contribution in [0.3, 0.4) is 0 Å². The molecule has 2 rings (SSSR count). The highest BCUT2D eigenvalue weighted by Crippen LogP contribution is 2.17. The maximum absolute atomic E-state index is 9.30. The normalized spacial score (nSPS) is 10.6. The van der Waals surface area contributed by atoms with Crippen LogP contribution >= 0.6 is 22.6 Å². The Kier molecular flexibility index (Phi) is 1.49. The Morgan fingerprint density at radius 3 is 3.09 bits per heavy atom. The molecule has 0 unspecified atom stereocenters. The fraction of sp³-hybridized carbons (Fsp3) is 0. The van der Waals surface area contributed by atoms with Crippen molar-refractivity contribution < 1.29 is 5.11 Å². The van der Waals surface area contributed by atoms with Gasteiger partial charge in [-0.25, -0.2) is 4.98 Å². The topological polar surface area (TPSA) is 37.5 Å². The second-order valence-corrected chi connectivity index (χ2v) is 3.27. The first-order valence-corrected chi connectivity index (χ1v) is 4.17. The third-order valence-corrected chi connectivity index (χ3v) is 2.27. The molecule has 0 saturated heterocycles. The summed E-state index contributed by atoms with van der Waals surface area (Å²) in [5.41, 5.74) is 0.608. The molecule has 4 heteroatoms. The van der Waals surface area contributed by atoms with E-state index in [0.717, 1.165) is 3.70 Å². The van der Waals surface area contributed by atoms with E-state index in [1.54, 1.807) is 18.3 Å². The number of pyridine rings is 1. The van der Waals surface area contributed by atoms with Gasteiger partial charge in [0, 0.05) is 6.20 Å². The van der Waals surface area contributed by atoms with E-state index in [9.17, 15) is 5.11 Å². The number of hydrogen-bond donors (Lipinski definition) is 1. The molecule has 3 nitrogen and oxygen atoms in total. The van der Waals surface area contributed by atoms with Crippen LogP contribution in [-0.2, 0) is 0 Å². The Balaban J connectivity index is 2.94. The SMILES string of the molecule is Oc1cccn2c(I)cnc12. The zero-order valence-corrected chi connectivity index (χ0v) is 7.69. The third-order valence-electron chi connectivity index (χ3n) is 1.47. The van der Waals surface area contributed by atoms with Crippen LogP contribution in [0.5, 0.6) is 5.75 Å². The maximum Gasteiger partial charge on any atom is 0.180 e. The fourth-order valence-corrected chi connectivity index (χ4v) is 1.49. The molecule has 0 bridgehead atoms. The van der Waals surface area contributed by atoms with Crippen LogP contribution < -0.4 is 0 Å². The van der Waals surface area contributed by atoms with Gasteiger partial charge in [-0.2, -0.15) is 0 Å². The molecule has 0 fully saturated rings. The van der Waals surface area contributed by atoms with E-state index in [0.29, 0.717) is 5.65 Å².